The van der Waals surface area contributed by atoms with E-state index in [1.54, 1.807) is 6.08 Å². The van der Waals surface area contributed by atoms with Gasteiger partial charge in [-0.3, -0.25) is 4.79 Å². The van der Waals surface area contributed by atoms with Gasteiger partial charge in [-0.25, -0.2) is 4.79 Å². The predicted molar refractivity (Wildman–Crippen MR) is 80.6 cm³/mol. The first kappa shape index (κ1) is 15.9. The molecule has 1 aromatic carbocycles. The van der Waals surface area contributed by atoms with Gasteiger partial charge in [0.2, 0.25) is 0 Å². The molecular formula is C16H19NO5. The maximum Gasteiger partial charge on any atom is 0.331 e. The average Bonchev–Trinajstić information content (AvgIpc) is 2.82. The zero-order chi connectivity index (χ0) is 16.1. The van der Waals surface area contributed by atoms with E-state index in [1.165, 1.54) is 6.08 Å². The summed E-state index contributed by atoms with van der Waals surface area (Å²) >= 11 is 0. The number of rotatable bonds is 6. The van der Waals surface area contributed by atoms with E-state index in [1.807, 2.05) is 26.0 Å². The predicted octanol–water partition coefficient (Wildman–Crippen LogP) is 1.45. The number of carbonyl (C=O) groups excluding carboxylic acids is 2. The molecule has 0 spiro atoms. The lowest BCUT2D eigenvalue weighted by atomic mass is 10.1. The van der Waals surface area contributed by atoms with Gasteiger partial charge in [0.25, 0.3) is 5.91 Å². The molecule has 0 fully saturated rings. The van der Waals surface area contributed by atoms with E-state index in [-0.39, 0.29) is 6.10 Å². The first-order valence-electron chi connectivity index (χ1n) is 7.09. The molecule has 0 saturated heterocycles. The van der Waals surface area contributed by atoms with E-state index >= 15 is 0 Å². The Morgan fingerprint density at radius 1 is 1.45 bits per heavy atom. The van der Waals surface area contributed by atoms with Gasteiger partial charge in [0.05, 0.1) is 6.61 Å². The minimum atomic E-state index is -0.698. The third-order valence-corrected chi connectivity index (χ3v) is 3.08. The maximum atomic E-state index is 11.5. The number of carbonyl (C=O) groups is 2. The average molecular weight is 305 g/mol. The van der Waals surface area contributed by atoms with Crippen molar-refractivity contribution in [3.8, 4) is 11.5 Å². The third-order valence-electron chi connectivity index (χ3n) is 3.08. The van der Waals surface area contributed by atoms with E-state index in [2.05, 4.69) is 4.74 Å². The standard InChI is InChI=1S/C16H19NO5/c1-3-20-13-8-12-6-10(2)22-14(12)7-11(13)4-5-16(19)21-9-15(17)18/h4-5,7-8,10H,3,6,9H2,1-2H3,(H2,17,18)/b5-4+/t10-/m1/s1. The quantitative estimate of drug-likeness (QED) is 0.635. The Labute approximate surface area is 128 Å². The molecule has 0 aromatic heterocycles. The van der Waals surface area contributed by atoms with Crippen LogP contribution < -0.4 is 15.2 Å². The van der Waals surface area contributed by atoms with Crippen molar-refractivity contribution in [1.82, 2.24) is 0 Å². The van der Waals surface area contributed by atoms with Gasteiger partial charge in [-0.1, -0.05) is 0 Å². The second-order valence-corrected chi connectivity index (χ2v) is 4.97. The molecule has 1 heterocycles. The Hall–Kier alpha value is -2.50. The van der Waals surface area contributed by atoms with Crippen LogP contribution in [0.2, 0.25) is 0 Å². The summed E-state index contributed by atoms with van der Waals surface area (Å²) in [5, 5.41) is 0. The topological polar surface area (TPSA) is 87.9 Å². The van der Waals surface area contributed by atoms with Crippen molar-refractivity contribution in [3.05, 3.63) is 29.3 Å². The fourth-order valence-corrected chi connectivity index (χ4v) is 2.21. The molecule has 2 N–H and O–H groups in total. The Balaban J connectivity index is 2.17. The molecule has 1 aromatic rings. The van der Waals surface area contributed by atoms with Crippen LogP contribution in [-0.4, -0.2) is 31.2 Å². The molecule has 1 aliphatic rings. The largest absolute Gasteiger partial charge is 0.493 e. The fourth-order valence-electron chi connectivity index (χ4n) is 2.21. The summed E-state index contributed by atoms with van der Waals surface area (Å²) < 4.78 is 16.0. The van der Waals surface area contributed by atoms with Crippen molar-refractivity contribution < 1.29 is 23.8 Å². The minimum absolute atomic E-state index is 0.129. The van der Waals surface area contributed by atoms with Gasteiger partial charge < -0.3 is 19.9 Å². The first-order valence-corrected chi connectivity index (χ1v) is 7.09. The molecule has 6 nitrogen and oxygen atoms in total. The number of nitrogens with two attached hydrogens (primary N) is 1. The Morgan fingerprint density at radius 3 is 2.91 bits per heavy atom. The molecule has 0 unspecified atom stereocenters. The Kier molecular flexibility index (Phi) is 5.04. The molecule has 0 bridgehead atoms. The van der Waals surface area contributed by atoms with E-state index in [0.29, 0.717) is 17.9 Å². The van der Waals surface area contributed by atoms with Gasteiger partial charge >= 0.3 is 5.97 Å². The van der Waals surface area contributed by atoms with Gasteiger partial charge in [0.15, 0.2) is 6.61 Å². The van der Waals surface area contributed by atoms with E-state index in [4.69, 9.17) is 15.2 Å². The van der Waals surface area contributed by atoms with Crippen LogP contribution in [0.3, 0.4) is 0 Å². The van der Waals surface area contributed by atoms with Gasteiger partial charge in [-0.15, -0.1) is 0 Å². The number of esters is 1. The smallest absolute Gasteiger partial charge is 0.331 e. The summed E-state index contributed by atoms with van der Waals surface area (Å²) in [5.74, 6) is 0.131. The van der Waals surface area contributed by atoms with Crippen LogP contribution >= 0.6 is 0 Å². The zero-order valence-corrected chi connectivity index (χ0v) is 12.6. The number of benzene rings is 1. The van der Waals surface area contributed by atoms with Gasteiger partial charge in [0.1, 0.15) is 17.6 Å². The van der Waals surface area contributed by atoms with Crippen molar-refractivity contribution in [3.63, 3.8) is 0 Å². The number of fused-ring (bicyclic) bond motifs is 1. The summed E-state index contributed by atoms with van der Waals surface area (Å²) in [6.07, 6.45) is 3.76. The van der Waals surface area contributed by atoms with Crippen LogP contribution in [-0.2, 0) is 20.7 Å². The highest BCUT2D eigenvalue weighted by atomic mass is 16.5. The van der Waals surface area contributed by atoms with E-state index in [9.17, 15) is 9.59 Å². The summed E-state index contributed by atoms with van der Waals surface area (Å²) in [6, 6.07) is 3.76. The molecule has 0 aliphatic carbocycles. The van der Waals surface area contributed by atoms with Crippen LogP contribution in [0.15, 0.2) is 18.2 Å². The Bertz CT molecular complexity index is 609. The van der Waals surface area contributed by atoms with Gasteiger partial charge in [0, 0.05) is 23.6 Å². The highest BCUT2D eigenvalue weighted by Crippen LogP contribution is 2.35. The molecular weight excluding hydrogens is 286 g/mol. The SMILES string of the molecule is CCOc1cc2c(cc1/C=C/C(=O)OCC(N)=O)O[C@H](C)C2. The van der Waals surface area contributed by atoms with Gasteiger partial charge in [-0.05, 0) is 32.1 Å². The van der Waals surface area contributed by atoms with Gasteiger partial charge in [-0.2, -0.15) is 0 Å². The monoisotopic (exact) mass is 305 g/mol. The molecule has 1 aliphatic heterocycles. The molecule has 2 rings (SSSR count). The lowest BCUT2D eigenvalue weighted by Gasteiger charge is -2.10. The molecule has 0 radical (unpaired) electrons. The summed E-state index contributed by atoms with van der Waals surface area (Å²) in [7, 11) is 0. The van der Waals surface area contributed by atoms with Crippen LogP contribution in [0.4, 0.5) is 0 Å². The molecule has 118 valence electrons. The highest BCUT2D eigenvalue weighted by molar-refractivity contribution is 5.89. The van der Waals surface area contributed by atoms with Crippen molar-refractivity contribution in [1.29, 1.82) is 0 Å². The van der Waals surface area contributed by atoms with Crippen LogP contribution in [0, 0.1) is 0 Å². The summed E-state index contributed by atoms with van der Waals surface area (Å²) in [6.45, 7) is 3.96. The number of hydrogen-bond acceptors (Lipinski definition) is 5. The Morgan fingerprint density at radius 2 is 2.23 bits per heavy atom. The van der Waals surface area contributed by atoms with E-state index in [0.717, 1.165) is 17.7 Å². The molecule has 1 atom stereocenters. The van der Waals surface area contributed by atoms with Crippen molar-refractivity contribution >= 4 is 18.0 Å². The number of hydrogen-bond donors (Lipinski definition) is 1. The molecule has 1 amide bonds. The number of amides is 1. The lowest BCUT2D eigenvalue weighted by Crippen LogP contribution is -2.19. The molecule has 0 saturated carbocycles. The lowest BCUT2D eigenvalue weighted by molar-refractivity contribution is -0.142. The van der Waals surface area contributed by atoms with E-state index < -0.39 is 18.5 Å². The zero-order valence-electron chi connectivity index (χ0n) is 12.6. The summed E-state index contributed by atoms with van der Waals surface area (Å²) in [4.78, 5) is 22.0. The van der Waals surface area contributed by atoms with Crippen molar-refractivity contribution in [2.24, 2.45) is 5.73 Å². The number of primary amides is 1. The molecule has 6 heteroatoms. The van der Waals surface area contributed by atoms with Crippen molar-refractivity contribution in [2.75, 3.05) is 13.2 Å². The van der Waals surface area contributed by atoms with Crippen LogP contribution in [0.25, 0.3) is 6.08 Å². The third kappa shape index (κ3) is 4.00. The first-order chi connectivity index (χ1) is 10.5. The number of ether oxygens (including phenoxy) is 3. The maximum absolute atomic E-state index is 11.5. The van der Waals surface area contributed by atoms with Crippen LogP contribution in [0.1, 0.15) is 25.0 Å². The highest BCUT2D eigenvalue weighted by Gasteiger charge is 2.21. The van der Waals surface area contributed by atoms with Crippen LogP contribution in [0.5, 0.6) is 11.5 Å². The van der Waals surface area contributed by atoms with Crippen molar-refractivity contribution in [2.45, 2.75) is 26.4 Å². The summed E-state index contributed by atoms with van der Waals surface area (Å²) in [5.41, 5.74) is 6.71. The fraction of sp³-hybridized carbons (Fsp3) is 0.375. The minimum Gasteiger partial charge on any atom is -0.493 e. The normalized spacial score (nSPS) is 16.2. The second kappa shape index (κ2) is 6.98. The second-order valence-electron chi connectivity index (χ2n) is 4.97. The molecule has 22 heavy (non-hydrogen) atoms.